The van der Waals surface area contributed by atoms with Crippen LogP contribution < -0.4 is 4.90 Å². The first-order chi connectivity index (χ1) is 11.2. The summed E-state index contributed by atoms with van der Waals surface area (Å²) in [4.78, 5) is 23.6. The van der Waals surface area contributed by atoms with Crippen molar-refractivity contribution in [1.82, 2.24) is 9.88 Å². The summed E-state index contributed by atoms with van der Waals surface area (Å²) in [5, 5.41) is 1.07. The van der Waals surface area contributed by atoms with Crippen molar-refractivity contribution in [2.45, 2.75) is 40.0 Å². The highest BCUT2D eigenvalue weighted by atomic mass is 32.1. The first kappa shape index (κ1) is 16.7. The molecule has 0 aromatic carbocycles. The van der Waals surface area contributed by atoms with Crippen molar-refractivity contribution in [3.63, 3.8) is 0 Å². The van der Waals surface area contributed by atoms with Crippen molar-refractivity contribution >= 4 is 43.2 Å². The standard InChI is InChI=1S/C17H25N3OS2/c1-4-12-8-7-9-20(11-12)16(21)14-10-13-15(22-14)18-17(23-13)19(5-2)6-3/h10,12H,4-9,11H2,1-3H3. The molecule has 1 saturated heterocycles. The molecule has 0 bridgehead atoms. The molecule has 6 heteroatoms. The first-order valence-corrected chi connectivity index (χ1v) is 10.2. The molecule has 126 valence electrons. The maximum absolute atomic E-state index is 12.8. The summed E-state index contributed by atoms with van der Waals surface area (Å²) >= 11 is 3.25. The molecule has 0 N–H and O–H groups in total. The number of thiophene rings is 1. The van der Waals surface area contributed by atoms with Gasteiger partial charge in [0.1, 0.15) is 4.83 Å². The molecule has 1 fully saturated rings. The number of hydrogen-bond acceptors (Lipinski definition) is 5. The number of aromatic nitrogens is 1. The fourth-order valence-corrected chi connectivity index (χ4v) is 5.50. The van der Waals surface area contributed by atoms with Crippen LogP contribution in [0.5, 0.6) is 0 Å². The van der Waals surface area contributed by atoms with Gasteiger partial charge in [-0.3, -0.25) is 4.79 Å². The van der Waals surface area contributed by atoms with Crippen molar-refractivity contribution in [1.29, 1.82) is 0 Å². The average molecular weight is 352 g/mol. The summed E-state index contributed by atoms with van der Waals surface area (Å²) in [6, 6.07) is 2.04. The number of fused-ring (bicyclic) bond motifs is 1. The van der Waals surface area contributed by atoms with Gasteiger partial charge in [0.15, 0.2) is 5.13 Å². The Kier molecular flexibility index (Phi) is 5.21. The molecule has 3 rings (SSSR count). The molecular formula is C17H25N3OS2. The topological polar surface area (TPSA) is 36.4 Å². The van der Waals surface area contributed by atoms with Crippen LogP contribution in [0.1, 0.15) is 49.7 Å². The predicted molar refractivity (Wildman–Crippen MR) is 100.0 cm³/mol. The van der Waals surface area contributed by atoms with Crippen LogP contribution >= 0.6 is 22.7 Å². The number of carbonyl (C=O) groups excluding carboxylic acids is 1. The lowest BCUT2D eigenvalue weighted by molar-refractivity contribution is 0.0676. The van der Waals surface area contributed by atoms with E-state index in [2.05, 4.69) is 25.7 Å². The molecule has 1 unspecified atom stereocenters. The van der Waals surface area contributed by atoms with Gasteiger partial charge >= 0.3 is 0 Å². The molecule has 1 atom stereocenters. The number of thiazole rings is 1. The first-order valence-electron chi connectivity index (χ1n) is 8.60. The molecule has 1 aliphatic rings. The van der Waals surface area contributed by atoms with Gasteiger partial charge in [-0.2, -0.15) is 0 Å². The van der Waals surface area contributed by atoms with Gasteiger partial charge in [0, 0.05) is 26.2 Å². The molecule has 0 saturated carbocycles. The minimum absolute atomic E-state index is 0.197. The van der Waals surface area contributed by atoms with E-state index in [4.69, 9.17) is 4.98 Å². The van der Waals surface area contributed by atoms with E-state index in [0.717, 1.165) is 58.6 Å². The third-order valence-corrected chi connectivity index (χ3v) is 6.92. The predicted octanol–water partition coefficient (Wildman–Crippen LogP) is 4.47. The number of hydrogen-bond donors (Lipinski definition) is 0. The molecule has 0 spiro atoms. The highest BCUT2D eigenvalue weighted by Gasteiger charge is 2.25. The molecular weight excluding hydrogens is 326 g/mol. The lowest BCUT2D eigenvalue weighted by Crippen LogP contribution is -2.39. The quantitative estimate of drug-likeness (QED) is 0.797. The summed E-state index contributed by atoms with van der Waals surface area (Å²) < 4.78 is 1.14. The molecule has 3 heterocycles. The number of rotatable bonds is 5. The summed E-state index contributed by atoms with van der Waals surface area (Å²) in [6.45, 7) is 10.3. The Morgan fingerprint density at radius 1 is 1.35 bits per heavy atom. The Labute approximate surface area is 146 Å². The van der Waals surface area contributed by atoms with E-state index in [-0.39, 0.29) is 5.91 Å². The van der Waals surface area contributed by atoms with E-state index in [9.17, 15) is 4.79 Å². The van der Waals surface area contributed by atoms with E-state index in [1.54, 1.807) is 22.7 Å². The largest absolute Gasteiger partial charge is 0.349 e. The van der Waals surface area contributed by atoms with Crippen LogP contribution in [0.2, 0.25) is 0 Å². The van der Waals surface area contributed by atoms with Gasteiger partial charge in [-0.15, -0.1) is 11.3 Å². The van der Waals surface area contributed by atoms with Crippen molar-refractivity contribution in [2.75, 3.05) is 31.1 Å². The van der Waals surface area contributed by atoms with Gasteiger partial charge in [0.2, 0.25) is 0 Å². The summed E-state index contributed by atoms with van der Waals surface area (Å²) in [5.74, 6) is 0.865. The van der Waals surface area contributed by atoms with E-state index >= 15 is 0 Å². The molecule has 2 aromatic rings. The minimum atomic E-state index is 0.197. The molecule has 0 radical (unpaired) electrons. The summed E-state index contributed by atoms with van der Waals surface area (Å²) in [6.07, 6.45) is 3.56. The Bertz CT molecular complexity index is 643. The van der Waals surface area contributed by atoms with Gasteiger partial charge in [0.25, 0.3) is 5.91 Å². The Morgan fingerprint density at radius 3 is 2.78 bits per heavy atom. The molecule has 0 aliphatic carbocycles. The number of amides is 1. The molecule has 23 heavy (non-hydrogen) atoms. The fourth-order valence-electron chi connectivity index (χ4n) is 3.20. The highest BCUT2D eigenvalue weighted by Crippen LogP contribution is 2.35. The van der Waals surface area contributed by atoms with Crippen LogP contribution in [-0.4, -0.2) is 42.0 Å². The average Bonchev–Trinajstić information content (AvgIpc) is 3.14. The van der Waals surface area contributed by atoms with Crippen LogP contribution in [0.3, 0.4) is 0 Å². The lowest BCUT2D eigenvalue weighted by Gasteiger charge is -2.31. The Hall–Kier alpha value is -1.14. The lowest BCUT2D eigenvalue weighted by atomic mass is 9.95. The van der Waals surface area contributed by atoms with Crippen molar-refractivity contribution < 1.29 is 4.79 Å². The number of anilines is 1. The normalized spacial score (nSPS) is 18.6. The van der Waals surface area contributed by atoms with Crippen molar-refractivity contribution in [3.8, 4) is 0 Å². The third kappa shape index (κ3) is 3.38. The van der Waals surface area contributed by atoms with Crippen LogP contribution in [0.4, 0.5) is 5.13 Å². The summed E-state index contributed by atoms with van der Waals surface area (Å²) in [5.41, 5.74) is 0. The summed E-state index contributed by atoms with van der Waals surface area (Å²) in [7, 11) is 0. The van der Waals surface area contributed by atoms with Gasteiger partial charge in [0.05, 0.1) is 9.58 Å². The van der Waals surface area contributed by atoms with Gasteiger partial charge in [-0.25, -0.2) is 4.98 Å². The zero-order valence-electron chi connectivity index (χ0n) is 14.2. The Morgan fingerprint density at radius 2 is 2.13 bits per heavy atom. The van der Waals surface area contributed by atoms with Gasteiger partial charge in [-0.05, 0) is 38.7 Å². The second-order valence-electron chi connectivity index (χ2n) is 6.12. The van der Waals surface area contributed by atoms with E-state index in [1.165, 1.54) is 6.42 Å². The molecule has 1 amide bonds. The van der Waals surface area contributed by atoms with E-state index in [1.807, 2.05) is 11.0 Å². The molecule has 1 aliphatic heterocycles. The number of nitrogens with zero attached hydrogens (tertiary/aromatic N) is 3. The van der Waals surface area contributed by atoms with Crippen LogP contribution in [0, 0.1) is 5.92 Å². The minimum Gasteiger partial charge on any atom is -0.349 e. The zero-order valence-corrected chi connectivity index (χ0v) is 15.8. The van der Waals surface area contributed by atoms with Crippen molar-refractivity contribution in [2.24, 2.45) is 5.92 Å². The third-order valence-electron chi connectivity index (χ3n) is 4.71. The van der Waals surface area contributed by atoms with Crippen molar-refractivity contribution in [3.05, 3.63) is 10.9 Å². The van der Waals surface area contributed by atoms with E-state index < -0.39 is 0 Å². The number of piperidine rings is 1. The molecule has 2 aromatic heterocycles. The second-order valence-corrected chi connectivity index (χ2v) is 8.16. The van der Waals surface area contributed by atoms with Crippen LogP contribution in [0.25, 0.3) is 9.53 Å². The smallest absolute Gasteiger partial charge is 0.264 e. The van der Waals surface area contributed by atoms with Gasteiger partial charge in [-0.1, -0.05) is 24.7 Å². The monoisotopic (exact) mass is 351 g/mol. The number of likely N-dealkylation sites (tertiary alicyclic amines) is 1. The van der Waals surface area contributed by atoms with Crippen LogP contribution in [0.15, 0.2) is 6.07 Å². The SMILES string of the molecule is CCC1CCCN(C(=O)c2cc3sc(N(CC)CC)nc3s2)C1. The zero-order chi connectivity index (χ0) is 16.4. The highest BCUT2D eigenvalue weighted by molar-refractivity contribution is 7.29. The Balaban J connectivity index is 1.78. The molecule has 4 nitrogen and oxygen atoms in total. The van der Waals surface area contributed by atoms with E-state index in [0.29, 0.717) is 5.92 Å². The maximum atomic E-state index is 12.8. The fraction of sp³-hybridized carbons (Fsp3) is 0.647. The van der Waals surface area contributed by atoms with Crippen LogP contribution in [-0.2, 0) is 0 Å². The van der Waals surface area contributed by atoms with Gasteiger partial charge < -0.3 is 9.80 Å². The second kappa shape index (κ2) is 7.18. The maximum Gasteiger partial charge on any atom is 0.264 e. The number of carbonyl (C=O) groups is 1.